The van der Waals surface area contributed by atoms with E-state index in [4.69, 9.17) is 10.8 Å². The summed E-state index contributed by atoms with van der Waals surface area (Å²) in [6.45, 7) is 0. The van der Waals surface area contributed by atoms with Crippen molar-refractivity contribution in [3.05, 3.63) is 90.6 Å². The first kappa shape index (κ1) is 18.2. The van der Waals surface area contributed by atoms with Crippen molar-refractivity contribution in [1.82, 2.24) is 9.97 Å². The molecule has 6 nitrogen and oxygen atoms in total. The minimum atomic E-state index is -0.974. The van der Waals surface area contributed by atoms with Crippen LogP contribution in [-0.4, -0.2) is 21.0 Å². The van der Waals surface area contributed by atoms with Crippen molar-refractivity contribution in [2.45, 2.75) is 0 Å². The Morgan fingerprint density at radius 1 is 0.828 bits per heavy atom. The molecule has 0 aliphatic rings. The highest BCUT2D eigenvalue weighted by molar-refractivity contribution is 5.88. The minimum Gasteiger partial charge on any atom is -0.478 e. The van der Waals surface area contributed by atoms with Crippen LogP contribution in [0, 0.1) is 0 Å². The van der Waals surface area contributed by atoms with Gasteiger partial charge in [-0.15, -0.1) is 0 Å². The van der Waals surface area contributed by atoms with Gasteiger partial charge in [0.25, 0.3) is 0 Å². The van der Waals surface area contributed by atoms with Crippen LogP contribution < -0.4 is 11.1 Å². The van der Waals surface area contributed by atoms with Gasteiger partial charge in [-0.05, 0) is 41.0 Å². The summed E-state index contributed by atoms with van der Waals surface area (Å²) < 4.78 is 0. The van der Waals surface area contributed by atoms with Crippen molar-refractivity contribution >= 4 is 23.4 Å². The molecule has 0 aliphatic carbocycles. The van der Waals surface area contributed by atoms with E-state index in [1.807, 2.05) is 54.6 Å². The number of nitrogens with zero attached hydrogens (tertiary/aromatic N) is 2. The normalized spacial score (nSPS) is 10.5. The summed E-state index contributed by atoms with van der Waals surface area (Å²) >= 11 is 0. The number of nitrogens with two attached hydrogens (primary N) is 1. The number of aromatic nitrogens is 2. The first-order valence-corrected chi connectivity index (χ1v) is 8.99. The third kappa shape index (κ3) is 3.91. The number of nitrogen functional groups attached to an aromatic ring is 1. The summed E-state index contributed by atoms with van der Waals surface area (Å²) in [7, 11) is 0. The SMILES string of the molecule is Nc1nc(Nc2ccc(C(=O)O)cc2)ncc1-c1ccccc1-c1ccccc1. The number of hydrogen-bond acceptors (Lipinski definition) is 5. The molecule has 4 aromatic rings. The van der Waals surface area contributed by atoms with E-state index in [-0.39, 0.29) is 5.56 Å². The second-order valence-electron chi connectivity index (χ2n) is 6.41. The molecule has 1 heterocycles. The monoisotopic (exact) mass is 382 g/mol. The van der Waals surface area contributed by atoms with Gasteiger partial charge in [-0.1, -0.05) is 54.6 Å². The van der Waals surface area contributed by atoms with E-state index >= 15 is 0 Å². The summed E-state index contributed by atoms with van der Waals surface area (Å²) in [6.07, 6.45) is 1.69. The highest BCUT2D eigenvalue weighted by Gasteiger charge is 2.12. The Hall–Kier alpha value is -4.19. The standard InChI is InChI=1S/C23H18N4O2/c24-21-20(19-9-5-4-8-18(19)15-6-2-1-3-7-15)14-25-23(27-21)26-17-12-10-16(11-13-17)22(28)29/h1-14H,(H,28,29)(H3,24,25,26,27). The predicted octanol–water partition coefficient (Wildman–Crippen LogP) is 4.83. The molecule has 4 N–H and O–H groups in total. The van der Waals surface area contributed by atoms with Gasteiger partial charge >= 0.3 is 5.97 Å². The van der Waals surface area contributed by atoms with Crippen LogP contribution in [0.5, 0.6) is 0 Å². The zero-order chi connectivity index (χ0) is 20.2. The maximum atomic E-state index is 11.0. The van der Waals surface area contributed by atoms with E-state index in [0.717, 1.165) is 22.3 Å². The quantitative estimate of drug-likeness (QED) is 0.457. The Kier molecular flexibility index (Phi) is 4.90. The molecule has 0 saturated carbocycles. The lowest BCUT2D eigenvalue weighted by Gasteiger charge is -2.12. The van der Waals surface area contributed by atoms with Crippen molar-refractivity contribution < 1.29 is 9.90 Å². The maximum Gasteiger partial charge on any atom is 0.335 e. The van der Waals surface area contributed by atoms with Crippen LogP contribution in [0.1, 0.15) is 10.4 Å². The summed E-state index contributed by atoms with van der Waals surface area (Å²) in [5, 5.41) is 12.0. The highest BCUT2D eigenvalue weighted by Crippen LogP contribution is 2.34. The van der Waals surface area contributed by atoms with Crippen molar-refractivity contribution in [3.63, 3.8) is 0 Å². The lowest BCUT2D eigenvalue weighted by atomic mass is 9.96. The fraction of sp³-hybridized carbons (Fsp3) is 0. The van der Waals surface area contributed by atoms with Gasteiger partial charge in [-0.25, -0.2) is 9.78 Å². The van der Waals surface area contributed by atoms with Gasteiger partial charge in [0, 0.05) is 17.4 Å². The summed E-state index contributed by atoms with van der Waals surface area (Å²) in [6, 6.07) is 24.4. The molecule has 1 aromatic heterocycles. The van der Waals surface area contributed by atoms with E-state index < -0.39 is 5.97 Å². The van der Waals surface area contributed by atoms with Crippen LogP contribution >= 0.6 is 0 Å². The largest absolute Gasteiger partial charge is 0.478 e. The highest BCUT2D eigenvalue weighted by atomic mass is 16.4. The predicted molar refractivity (Wildman–Crippen MR) is 114 cm³/mol. The van der Waals surface area contributed by atoms with Gasteiger partial charge in [0.2, 0.25) is 5.95 Å². The third-order valence-electron chi connectivity index (χ3n) is 4.51. The van der Waals surface area contributed by atoms with Crippen molar-refractivity contribution in [2.75, 3.05) is 11.1 Å². The van der Waals surface area contributed by atoms with E-state index in [1.165, 1.54) is 12.1 Å². The molecule has 0 fully saturated rings. The summed E-state index contributed by atoms with van der Waals surface area (Å²) in [4.78, 5) is 19.7. The minimum absolute atomic E-state index is 0.212. The first-order valence-electron chi connectivity index (χ1n) is 8.99. The zero-order valence-electron chi connectivity index (χ0n) is 15.4. The number of carbonyl (C=O) groups is 1. The maximum absolute atomic E-state index is 11.0. The average molecular weight is 382 g/mol. The van der Waals surface area contributed by atoms with Gasteiger partial charge in [0.15, 0.2) is 0 Å². The third-order valence-corrected chi connectivity index (χ3v) is 4.51. The number of carboxylic acids is 1. The smallest absolute Gasteiger partial charge is 0.335 e. The molecule has 0 amide bonds. The Morgan fingerprint density at radius 2 is 1.48 bits per heavy atom. The van der Waals surface area contributed by atoms with Crippen LogP contribution in [0.4, 0.5) is 17.5 Å². The van der Waals surface area contributed by atoms with Crippen molar-refractivity contribution in [2.24, 2.45) is 0 Å². The molecule has 0 unspecified atom stereocenters. The number of anilines is 3. The van der Waals surface area contributed by atoms with E-state index in [2.05, 4.69) is 15.3 Å². The molecule has 142 valence electrons. The number of nitrogens with one attached hydrogen (secondary N) is 1. The number of benzene rings is 3. The number of aromatic carboxylic acids is 1. The molecular weight excluding hydrogens is 364 g/mol. The molecule has 4 rings (SSSR count). The lowest BCUT2D eigenvalue weighted by Crippen LogP contribution is -2.03. The van der Waals surface area contributed by atoms with Crippen LogP contribution in [0.25, 0.3) is 22.3 Å². The summed E-state index contributed by atoms with van der Waals surface area (Å²) in [5.41, 5.74) is 11.0. The molecule has 0 aliphatic heterocycles. The molecular formula is C23H18N4O2. The molecule has 3 aromatic carbocycles. The van der Waals surface area contributed by atoms with Crippen LogP contribution in [0.3, 0.4) is 0 Å². The topological polar surface area (TPSA) is 101 Å². The van der Waals surface area contributed by atoms with Crippen LogP contribution in [0.15, 0.2) is 85.1 Å². The van der Waals surface area contributed by atoms with E-state index in [9.17, 15) is 4.79 Å². The van der Waals surface area contributed by atoms with Gasteiger partial charge in [-0.2, -0.15) is 4.98 Å². The summed E-state index contributed by atoms with van der Waals surface area (Å²) in [5.74, 6) is -0.280. The average Bonchev–Trinajstić information content (AvgIpc) is 2.75. The molecule has 0 radical (unpaired) electrons. The number of rotatable bonds is 5. The van der Waals surface area contributed by atoms with Crippen molar-refractivity contribution in [3.8, 4) is 22.3 Å². The molecule has 29 heavy (non-hydrogen) atoms. The fourth-order valence-corrected chi connectivity index (χ4v) is 3.08. The fourth-order valence-electron chi connectivity index (χ4n) is 3.08. The lowest BCUT2D eigenvalue weighted by molar-refractivity contribution is 0.0697. The van der Waals surface area contributed by atoms with Gasteiger partial charge in [-0.3, -0.25) is 0 Å². The van der Waals surface area contributed by atoms with Gasteiger partial charge in [0.05, 0.1) is 5.56 Å². The second-order valence-corrected chi connectivity index (χ2v) is 6.41. The number of carboxylic acid groups (broad SMARTS) is 1. The molecule has 6 heteroatoms. The van der Waals surface area contributed by atoms with Gasteiger partial charge < -0.3 is 16.2 Å². The van der Waals surface area contributed by atoms with E-state index in [0.29, 0.717) is 17.5 Å². The number of hydrogen-bond donors (Lipinski definition) is 3. The molecule has 0 saturated heterocycles. The molecule has 0 spiro atoms. The molecule has 0 atom stereocenters. The van der Waals surface area contributed by atoms with Crippen LogP contribution in [-0.2, 0) is 0 Å². The zero-order valence-corrected chi connectivity index (χ0v) is 15.4. The molecule has 0 bridgehead atoms. The first-order chi connectivity index (χ1) is 14.1. The Labute approximate surface area is 167 Å². The van der Waals surface area contributed by atoms with E-state index in [1.54, 1.807) is 18.3 Å². The van der Waals surface area contributed by atoms with Gasteiger partial charge in [0.1, 0.15) is 5.82 Å². The second kappa shape index (κ2) is 7.82. The van der Waals surface area contributed by atoms with Crippen molar-refractivity contribution in [1.29, 1.82) is 0 Å². The Bertz CT molecular complexity index is 1160. The van der Waals surface area contributed by atoms with Crippen LogP contribution in [0.2, 0.25) is 0 Å². The Balaban J connectivity index is 1.64. The Morgan fingerprint density at radius 3 is 2.14 bits per heavy atom.